The molecule has 1 atom stereocenters. The number of halogens is 1. The number of methoxy groups -OCH3 is 1. The van der Waals surface area contributed by atoms with Crippen LogP contribution in [0, 0.1) is 6.92 Å². The Bertz CT molecular complexity index is 1000. The molecule has 1 aromatic carbocycles. The summed E-state index contributed by atoms with van der Waals surface area (Å²) in [7, 11) is 2.92. The minimum Gasteiger partial charge on any atom is -0.452 e. The van der Waals surface area contributed by atoms with Gasteiger partial charge in [-0.05, 0) is 30.4 Å². The molecular weight excluding hydrogens is 430 g/mol. The van der Waals surface area contributed by atoms with Crippen LogP contribution in [0.2, 0.25) is 5.02 Å². The van der Waals surface area contributed by atoms with Crippen molar-refractivity contribution in [2.45, 2.75) is 59.8 Å². The summed E-state index contributed by atoms with van der Waals surface area (Å²) in [6.07, 6.45) is -0.0863. The molecule has 0 amide bonds. The van der Waals surface area contributed by atoms with Crippen molar-refractivity contribution in [1.82, 2.24) is 9.78 Å². The number of aromatic nitrogens is 2. The summed E-state index contributed by atoms with van der Waals surface area (Å²) in [4.78, 5) is 15.9. The standard InChI is InChI=1S/C24H32ClN3O4/c1-9-28-21(20(25)15(2)27-28)22(31-16(3)32-23(29)30-8)19(14-26-7)17-10-12-18(13-11-17)24(4,5)6/h10-14,16H,9H2,1-8H3/b22-19-,26-14-. The molecule has 0 aliphatic rings. The predicted molar refractivity (Wildman–Crippen MR) is 128 cm³/mol. The lowest BCUT2D eigenvalue weighted by atomic mass is 9.86. The third kappa shape index (κ3) is 5.91. The Kier molecular flexibility index (Phi) is 8.50. The van der Waals surface area contributed by atoms with E-state index in [4.69, 9.17) is 21.1 Å². The quantitative estimate of drug-likeness (QED) is 0.223. The smallest absolute Gasteiger partial charge is 0.452 e. The number of allylic oxidation sites excluding steroid dienone is 1. The van der Waals surface area contributed by atoms with Crippen LogP contribution < -0.4 is 0 Å². The molecule has 1 heterocycles. The monoisotopic (exact) mass is 461 g/mol. The van der Waals surface area contributed by atoms with E-state index in [9.17, 15) is 4.79 Å². The van der Waals surface area contributed by atoms with Crippen molar-refractivity contribution < 1.29 is 19.0 Å². The third-order valence-electron chi connectivity index (χ3n) is 4.85. The molecule has 0 radical (unpaired) electrons. The van der Waals surface area contributed by atoms with E-state index < -0.39 is 12.4 Å². The van der Waals surface area contributed by atoms with Crippen LogP contribution in [-0.2, 0) is 26.2 Å². The van der Waals surface area contributed by atoms with E-state index in [2.05, 4.69) is 47.7 Å². The first-order chi connectivity index (χ1) is 15.0. The van der Waals surface area contributed by atoms with Crippen LogP contribution in [0.1, 0.15) is 57.1 Å². The van der Waals surface area contributed by atoms with Crippen molar-refractivity contribution in [3.05, 3.63) is 51.8 Å². The second-order valence-electron chi connectivity index (χ2n) is 8.28. The van der Waals surface area contributed by atoms with Crippen molar-refractivity contribution in [2.24, 2.45) is 4.99 Å². The van der Waals surface area contributed by atoms with E-state index in [1.165, 1.54) is 12.7 Å². The van der Waals surface area contributed by atoms with Gasteiger partial charge in [0, 0.05) is 32.3 Å². The van der Waals surface area contributed by atoms with Gasteiger partial charge in [0.25, 0.3) is 0 Å². The zero-order valence-electron chi connectivity index (χ0n) is 20.0. The van der Waals surface area contributed by atoms with Crippen molar-refractivity contribution in [3.63, 3.8) is 0 Å². The summed E-state index contributed by atoms with van der Waals surface area (Å²) in [5.41, 5.74) is 4.03. The molecule has 0 aliphatic carbocycles. The lowest BCUT2D eigenvalue weighted by Gasteiger charge is -2.22. The number of carbonyl (C=O) groups excluding carboxylic acids is 1. The Morgan fingerprint density at radius 2 is 1.88 bits per heavy atom. The number of aliphatic imine (C=N–C) groups is 1. The van der Waals surface area contributed by atoms with E-state index in [1.807, 2.05) is 26.0 Å². The third-order valence-corrected chi connectivity index (χ3v) is 5.30. The van der Waals surface area contributed by atoms with Gasteiger partial charge in [0.15, 0.2) is 5.76 Å². The Balaban J connectivity index is 2.73. The zero-order chi connectivity index (χ0) is 24.1. The minimum atomic E-state index is -0.942. The molecule has 0 bridgehead atoms. The van der Waals surface area contributed by atoms with Crippen molar-refractivity contribution in [1.29, 1.82) is 0 Å². The van der Waals surface area contributed by atoms with Gasteiger partial charge in [0.2, 0.25) is 6.29 Å². The largest absolute Gasteiger partial charge is 0.511 e. The molecule has 1 aromatic heterocycles. The Morgan fingerprint density at radius 1 is 1.25 bits per heavy atom. The summed E-state index contributed by atoms with van der Waals surface area (Å²) in [5.74, 6) is 0.406. The number of carbonyl (C=O) groups is 1. The van der Waals surface area contributed by atoms with E-state index >= 15 is 0 Å². The second kappa shape index (κ2) is 10.7. The molecule has 8 heteroatoms. The molecule has 32 heavy (non-hydrogen) atoms. The molecule has 174 valence electrons. The van der Waals surface area contributed by atoms with Crippen LogP contribution >= 0.6 is 11.6 Å². The Hall–Kier alpha value is -2.80. The fourth-order valence-electron chi connectivity index (χ4n) is 3.17. The highest BCUT2D eigenvalue weighted by molar-refractivity contribution is 6.33. The van der Waals surface area contributed by atoms with Crippen molar-refractivity contribution in [3.8, 4) is 0 Å². The van der Waals surface area contributed by atoms with Gasteiger partial charge in [-0.25, -0.2) is 4.79 Å². The maximum absolute atomic E-state index is 11.6. The van der Waals surface area contributed by atoms with Crippen LogP contribution in [0.25, 0.3) is 11.3 Å². The van der Waals surface area contributed by atoms with Gasteiger partial charge in [-0.15, -0.1) is 0 Å². The summed E-state index contributed by atoms with van der Waals surface area (Å²) < 4.78 is 17.6. The maximum Gasteiger partial charge on any atom is 0.511 e. The summed E-state index contributed by atoms with van der Waals surface area (Å²) >= 11 is 6.65. The van der Waals surface area contributed by atoms with Crippen LogP contribution in [0.3, 0.4) is 0 Å². The molecule has 0 N–H and O–H groups in total. The highest BCUT2D eigenvalue weighted by atomic mass is 35.5. The number of rotatable bonds is 7. The second-order valence-corrected chi connectivity index (χ2v) is 8.66. The van der Waals surface area contributed by atoms with Gasteiger partial charge >= 0.3 is 6.16 Å². The average molecular weight is 462 g/mol. The molecule has 0 saturated carbocycles. The van der Waals surface area contributed by atoms with Gasteiger partial charge in [-0.1, -0.05) is 56.6 Å². The topological polar surface area (TPSA) is 74.9 Å². The van der Waals surface area contributed by atoms with Crippen LogP contribution in [0.4, 0.5) is 4.79 Å². The molecular formula is C24H32ClN3O4. The number of aryl methyl sites for hydroxylation is 2. The van der Waals surface area contributed by atoms with Gasteiger partial charge < -0.3 is 14.2 Å². The molecule has 7 nitrogen and oxygen atoms in total. The van der Waals surface area contributed by atoms with E-state index in [-0.39, 0.29) is 5.41 Å². The highest BCUT2D eigenvalue weighted by Gasteiger charge is 2.25. The molecule has 1 unspecified atom stereocenters. The lowest BCUT2D eigenvalue weighted by Crippen LogP contribution is -2.19. The first-order valence-electron chi connectivity index (χ1n) is 10.4. The molecule has 2 rings (SSSR count). The maximum atomic E-state index is 11.6. The average Bonchev–Trinajstić information content (AvgIpc) is 3.03. The van der Waals surface area contributed by atoms with Crippen LogP contribution in [0.15, 0.2) is 29.3 Å². The minimum absolute atomic E-state index is 0.0186. The summed E-state index contributed by atoms with van der Waals surface area (Å²) in [6, 6.07) is 8.18. The highest BCUT2D eigenvalue weighted by Crippen LogP contribution is 2.35. The molecule has 0 fully saturated rings. The van der Waals surface area contributed by atoms with E-state index in [0.29, 0.717) is 34.3 Å². The first-order valence-corrected chi connectivity index (χ1v) is 10.8. The Labute approximate surface area is 195 Å². The van der Waals surface area contributed by atoms with Crippen molar-refractivity contribution >= 4 is 35.3 Å². The number of benzene rings is 1. The van der Waals surface area contributed by atoms with Gasteiger partial charge in [0.1, 0.15) is 5.69 Å². The fourth-order valence-corrected chi connectivity index (χ4v) is 3.39. The molecule has 0 spiro atoms. The lowest BCUT2D eigenvalue weighted by molar-refractivity contribution is -0.0619. The van der Waals surface area contributed by atoms with E-state index in [0.717, 1.165) is 5.56 Å². The van der Waals surface area contributed by atoms with Crippen molar-refractivity contribution in [2.75, 3.05) is 14.2 Å². The van der Waals surface area contributed by atoms with Gasteiger partial charge in [-0.2, -0.15) is 5.10 Å². The number of hydrogen-bond acceptors (Lipinski definition) is 6. The summed E-state index contributed by atoms with van der Waals surface area (Å²) in [6.45, 7) is 12.5. The number of hydrogen-bond donors (Lipinski definition) is 0. The summed E-state index contributed by atoms with van der Waals surface area (Å²) in [5, 5.41) is 4.97. The fraction of sp³-hybridized carbons (Fsp3) is 0.458. The zero-order valence-corrected chi connectivity index (χ0v) is 20.8. The first kappa shape index (κ1) is 25.5. The Morgan fingerprint density at radius 3 is 2.38 bits per heavy atom. The van der Waals surface area contributed by atoms with Crippen LogP contribution in [0.5, 0.6) is 0 Å². The number of nitrogens with zero attached hydrogens (tertiary/aromatic N) is 3. The van der Waals surface area contributed by atoms with Gasteiger partial charge in [-0.3, -0.25) is 9.67 Å². The van der Waals surface area contributed by atoms with Gasteiger partial charge in [0.05, 0.1) is 17.8 Å². The molecule has 2 aromatic rings. The SMILES string of the molecule is CCn1nc(C)c(Cl)c1/C(OC(C)OC(=O)OC)=C(\C=N/C)c1ccc(C(C)(C)C)cc1. The van der Waals surface area contributed by atoms with E-state index in [1.54, 1.807) is 24.9 Å². The normalized spacial score (nSPS) is 13.7. The van der Waals surface area contributed by atoms with Crippen LogP contribution in [-0.4, -0.2) is 42.6 Å². The predicted octanol–water partition coefficient (Wildman–Crippen LogP) is 5.88. The molecule has 0 saturated heterocycles. The number of ether oxygens (including phenoxy) is 3. The molecule has 0 aliphatic heterocycles.